The summed E-state index contributed by atoms with van der Waals surface area (Å²) in [5.74, 6) is 0.204. The van der Waals surface area contributed by atoms with Crippen LogP contribution in [0.4, 0.5) is 0 Å². The summed E-state index contributed by atoms with van der Waals surface area (Å²) in [6.45, 7) is 3.59. The third kappa shape index (κ3) is 7.81. The van der Waals surface area contributed by atoms with Crippen molar-refractivity contribution < 1.29 is 32.2 Å². The minimum absolute atomic E-state index is 0.0511. The molecule has 10 nitrogen and oxygen atoms in total. The van der Waals surface area contributed by atoms with Gasteiger partial charge in [0.1, 0.15) is 22.6 Å². The van der Waals surface area contributed by atoms with Gasteiger partial charge < -0.3 is 24.3 Å². The predicted molar refractivity (Wildman–Crippen MR) is 163 cm³/mol. The number of carbonyl (C=O) groups excluding carboxylic acids is 1. The Labute approximate surface area is 250 Å². The average Bonchev–Trinajstić information content (AvgIpc) is 2.99. The number of hydrogen-bond acceptors (Lipinski definition) is 8. The fourth-order valence-corrected chi connectivity index (χ4v) is 6.31. The maximum absolute atomic E-state index is 13.7. The van der Waals surface area contributed by atoms with Crippen LogP contribution in [0.5, 0.6) is 11.5 Å². The minimum Gasteiger partial charge on any atom is -0.497 e. The number of aliphatic hydroxyl groups excluding tert-OH is 1. The van der Waals surface area contributed by atoms with E-state index < -0.39 is 33.7 Å². The van der Waals surface area contributed by atoms with Crippen molar-refractivity contribution in [3.63, 3.8) is 0 Å². The van der Waals surface area contributed by atoms with Crippen LogP contribution in [0.1, 0.15) is 29.8 Å². The number of ether oxygens (including phenoxy) is 2. The molecule has 0 unspecified atom stereocenters. The number of benzene rings is 3. The van der Waals surface area contributed by atoms with E-state index in [1.807, 2.05) is 44.2 Å². The van der Waals surface area contributed by atoms with Crippen molar-refractivity contribution in [1.82, 2.24) is 9.62 Å². The standard InChI is InChI=1S/C32H36N2O8S/c1-21(2)19-34(43(38,39)26-14-12-24(40-3)13-15-26)20-29(35)28(16-22-8-6-5-7-9-22)33-31(36)27-17-23-10-11-25(41-4)18-30(23)42-32(27)37/h5-15,17-18,21,28-29,35H,16,19-20H2,1-4H3,(H,33,36)/t28-,29+/m0/s1. The second kappa shape index (κ2) is 13.9. The zero-order valence-electron chi connectivity index (χ0n) is 24.5. The molecular formula is C32H36N2O8S. The molecule has 4 aromatic rings. The number of nitrogens with zero attached hydrogens (tertiary/aromatic N) is 1. The Bertz CT molecular complexity index is 1700. The van der Waals surface area contributed by atoms with Gasteiger partial charge in [0.05, 0.1) is 31.3 Å². The van der Waals surface area contributed by atoms with Crippen molar-refractivity contribution in [2.45, 2.75) is 37.3 Å². The first kappa shape index (κ1) is 31.7. The van der Waals surface area contributed by atoms with Crippen molar-refractivity contribution in [2.24, 2.45) is 5.92 Å². The maximum atomic E-state index is 13.7. The van der Waals surface area contributed by atoms with E-state index in [1.165, 1.54) is 36.7 Å². The zero-order chi connectivity index (χ0) is 31.1. The molecule has 0 aliphatic heterocycles. The van der Waals surface area contributed by atoms with Crippen LogP contribution >= 0.6 is 0 Å². The van der Waals surface area contributed by atoms with Crippen LogP contribution in [0.3, 0.4) is 0 Å². The first-order chi connectivity index (χ1) is 20.5. The van der Waals surface area contributed by atoms with Gasteiger partial charge in [0.15, 0.2) is 0 Å². The quantitative estimate of drug-likeness (QED) is 0.219. The Morgan fingerprint density at radius 3 is 2.21 bits per heavy atom. The number of nitrogens with one attached hydrogen (secondary N) is 1. The number of fused-ring (bicyclic) bond motifs is 1. The van der Waals surface area contributed by atoms with E-state index in [2.05, 4.69) is 5.32 Å². The highest BCUT2D eigenvalue weighted by Crippen LogP contribution is 2.23. The van der Waals surface area contributed by atoms with Crippen LogP contribution in [-0.4, -0.2) is 63.2 Å². The number of aliphatic hydroxyl groups is 1. The van der Waals surface area contributed by atoms with Gasteiger partial charge in [-0.05, 0) is 60.4 Å². The van der Waals surface area contributed by atoms with Gasteiger partial charge in [-0.15, -0.1) is 0 Å². The molecule has 0 bridgehead atoms. The molecule has 0 spiro atoms. The molecule has 0 radical (unpaired) electrons. The van der Waals surface area contributed by atoms with Gasteiger partial charge in [-0.1, -0.05) is 44.2 Å². The Balaban J connectivity index is 1.64. The van der Waals surface area contributed by atoms with E-state index in [1.54, 1.807) is 30.3 Å². The van der Waals surface area contributed by atoms with Crippen LogP contribution in [0.15, 0.2) is 93.0 Å². The van der Waals surface area contributed by atoms with Gasteiger partial charge in [0.2, 0.25) is 10.0 Å². The van der Waals surface area contributed by atoms with Gasteiger partial charge >= 0.3 is 5.63 Å². The normalized spacial score (nSPS) is 13.2. The summed E-state index contributed by atoms with van der Waals surface area (Å²) in [4.78, 5) is 26.3. The second-order valence-corrected chi connectivity index (χ2v) is 12.5. The average molecular weight is 609 g/mol. The Hall–Kier alpha value is -4.19. The topological polar surface area (TPSA) is 135 Å². The van der Waals surface area contributed by atoms with Gasteiger partial charge in [-0.25, -0.2) is 13.2 Å². The number of amides is 1. The number of sulfonamides is 1. The lowest BCUT2D eigenvalue weighted by Gasteiger charge is -2.30. The first-order valence-corrected chi connectivity index (χ1v) is 15.2. The molecule has 2 atom stereocenters. The highest BCUT2D eigenvalue weighted by Gasteiger charge is 2.32. The summed E-state index contributed by atoms with van der Waals surface area (Å²) in [5.41, 5.74) is -0.0321. The first-order valence-electron chi connectivity index (χ1n) is 13.8. The molecule has 1 amide bonds. The molecule has 4 rings (SSSR count). The molecule has 1 heterocycles. The highest BCUT2D eigenvalue weighted by molar-refractivity contribution is 7.89. The molecule has 0 aliphatic carbocycles. The van der Waals surface area contributed by atoms with Crippen LogP contribution in [0.25, 0.3) is 11.0 Å². The SMILES string of the molecule is COc1ccc(S(=O)(=O)N(CC(C)C)C[C@@H](O)[C@H](Cc2ccccc2)NC(=O)c2cc3ccc(OC)cc3oc2=O)cc1. The number of rotatable bonds is 13. The molecule has 0 aliphatic rings. The van der Waals surface area contributed by atoms with Gasteiger partial charge in [-0.3, -0.25) is 4.79 Å². The molecule has 0 fully saturated rings. The Morgan fingerprint density at radius 2 is 1.58 bits per heavy atom. The lowest BCUT2D eigenvalue weighted by molar-refractivity contribution is 0.0773. The molecule has 11 heteroatoms. The molecule has 3 aromatic carbocycles. The Morgan fingerprint density at radius 1 is 0.930 bits per heavy atom. The highest BCUT2D eigenvalue weighted by atomic mass is 32.2. The third-order valence-electron chi connectivity index (χ3n) is 6.92. The van der Waals surface area contributed by atoms with Crippen molar-refractivity contribution in [1.29, 1.82) is 0 Å². The fraction of sp³-hybridized carbons (Fsp3) is 0.312. The van der Waals surface area contributed by atoms with E-state index >= 15 is 0 Å². The molecule has 2 N–H and O–H groups in total. The maximum Gasteiger partial charge on any atom is 0.349 e. The second-order valence-electron chi connectivity index (χ2n) is 10.6. The van der Waals surface area contributed by atoms with E-state index in [9.17, 15) is 23.1 Å². The van der Waals surface area contributed by atoms with E-state index in [4.69, 9.17) is 13.9 Å². The number of carbonyl (C=O) groups is 1. The lowest BCUT2D eigenvalue weighted by atomic mass is 10.00. The summed E-state index contributed by atoms with van der Waals surface area (Å²) in [6, 6.07) is 20.5. The summed E-state index contributed by atoms with van der Waals surface area (Å²) in [7, 11) is -1.03. The summed E-state index contributed by atoms with van der Waals surface area (Å²) in [6.07, 6.45) is -1.14. The van der Waals surface area contributed by atoms with Gasteiger partial charge in [0.25, 0.3) is 5.91 Å². The summed E-state index contributed by atoms with van der Waals surface area (Å²) in [5, 5.41) is 14.8. The van der Waals surface area contributed by atoms with Crippen LogP contribution in [0.2, 0.25) is 0 Å². The van der Waals surface area contributed by atoms with Crippen molar-refractivity contribution >= 4 is 26.9 Å². The molecule has 0 saturated carbocycles. The smallest absolute Gasteiger partial charge is 0.349 e. The molecule has 1 aromatic heterocycles. The van der Waals surface area contributed by atoms with Gasteiger partial charge in [0, 0.05) is 24.5 Å². The van der Waals surface area contributed by atoms with Crippen molar-refractivity contribution in [3.05, 3.63) is 100 Å². The monoisotopic (exact) mass is 608 g/mol. The minimum atomic E-state index is -4.01. The van der Waals surface area contributed by atoms with E-state index in [0.29, 0.717) is 16.9 Å². The predicted octanol–water partition coefficient (Wildman–Crippen LogP) is 3.86. The van der Waals surface area contributed by atoms with Crippen LogP contribution in [0, 0.1) is 5.92 Å². The van der Waals surface area contributed by atoms with Crippen LogP contribution in [-0.2, 0) is 16.4 Å². The number of methoxy groups -OCH3 is 2. The third-order valence-corrected chi connectivity index (χ3v) is 8.77. The van der Waals surface area contributed by atoms with Crippen molar-refractivity contribution in [2.75, 3.05) is 27.3 Å². The van der Waals surface area contributed by atoms with Gasteiger partial charge in [-0.2, -0.15) is 4.31 Å². The summed E-state index contributed by atoms with van der Waals surface area (Å²) < 4.78 is 44.3. The number of hydrogen-bond donors (Lipinski definition) is 2. The molecule has 228 valence electrons. The van der Waals surface area contributed by atoms with E-state index in [-0.39, 0.29) is 41.5 Å². The molecule has 0 saturated heterocycles. The fourth-order valence-electron chi connectivity index (χ4n) is 4.68. The van der Waals surface area contributed by atoms with E-state index in [0.717, 1.165) is 5.56 Å². The summed E-state index contributed by atoms with van der Waals surface area (Å²) >= 11 is 0. The Kier molecular flexibility index (Phi) is 10.2. The largest absolute Gasteiger partial charge is 0.497 e. The van der Waals surface area contributed by atoms with Crippen molar-refractivity contribution in [3.8, 4) is 11.5 Å². The van der Waals surface area contributed by atoms with Crippen LogP contribution < -0.4 is 20.4 Å². The lowest BCUT2D eigenvalue weighted by Crippen LogP contribution is -2.51. The molecule has 43 heavy (non-hydrogen) atoms. The molecular weight excluding hydrogens is 572 g/mol. The zero-order valence-corrected chi connectivity index (χ0v) is 25.3.